The van der Waals surface area contributed by atoms with Gasteiger partial charge in [-0.15, -0.1) is 0 Å². The van der Waals surface area contributed by atoms with Crippen LogP contribution in [0.25, 0.3) is 0 Å². The number of nitrogens with zero attached hydrogens (tertiary/aromatic N) is 3. The van der Waals surface area contributed by atoms with Crippen LogP contribution in [0.3, 0.4) is 0 Å². The maximum atomic E-state index is 12.5. The van der Waals surface area contributed by atoms with Gasteiger partial charge < -0.3 is 4.90 Å². The maximum Gasteiger partial charge on any atom is 0.274 e. The van der Waals surface area contributed by atoms with Gasteiger partial charge in [0.05, 0.1) is 6.04 Å². The lowest BCUT2D eigenvalue weighted by atomic mass is 9.91. The molecule has 1 aliphatic carbocycles. The number of rotatable bonds is 3. The van der Waals surface area contributed by atoms with Gasteiger partial charge in [0, 0.05) is 30.2 Å². The smallest absolute Gasteiger partial charge is 0.274 e. The summed E-state index contributed by atoms with van der Waals surface area (Å²) in [6.45, 7) is 1.52. The summed E-state index contributed by atoms with van der Waals surface area (Å²) in [7, 11) is 0. The predicted molar refractivity (Wildman–Crippen MR) is 89.8 cm³/mol. The maximum absolute atomic E-state index is 12.5. The summed E-state index contributed by atoms with van der Waals surface area (Å²) in [4.78, 5) is 14.4. The molecule has 2 aliphatic rings. The van der Waals surface area contributed by atoms with Crippen LogP contribution < -0.4 is 0 Å². The Bertz CT molecular complexity index is 697. The standard InChI is InChI=1S/C18H20ClN3O/c19-15-7-5-13(6-8-15)14-11-21(12-14)18(23)17-9-10-22(20-17)16-3-1-2-4-16/h5-10,14,16H,1-4,11-12H2. The Balaban J connectivity index is 1.38. The van der Waals surface area contributed by atoms with Crippen LogP contribution in [0.4, 0.5) is 0 Å². The van der Waals surface area contributed by atoms with Crippen molar-refractivity contribution in [3.63, 3.8) is 0 Å². The normalized spacial score (nSPS) is 19.1. The largest absolute Gasteiger partial charge is 0.336 e. The van der Waals surface area contributed by atoms with E-state index >= 15 is 0 Å². The summed E-state index contributed by atoms with van der Waals surface area (Å²) in [6, 6.07) is 10.2. The molecule has 1 aromatic carbocycles. The SMILES string of the molecule is O=C(c1ccn(C2CCCC2)n1)N1CC(c2ccc(Cl)cc2)C1. The van der Waals surface area contributed by atoms with E-state index in [0.29, 0.717) is 17.7 Å². The van der Waals surface area contributed by atoms with Crippen molar-refractivity contribution in [1.82, 2.24) is 14.7 Å². The summed E-state index contributed by atoms with van der Waals surface area (Å²) in [5.41, 5.74) is 1.82. The molecule has 2 heterocycles. The van der Waals surface area contributed by atoms with Crippen molar-refractivity contribution in [2.75, 3.05) is 13.1 Å². The van der Waals surface area contributed by atoms with E-state index in [1.807, 2.05) is 46.1 Å². The predicted octanol–water partition coefficient (Wildman–Crippen LogP) is 3.89. The Hall–Kier alpha value is -1.81. The van der Waals surface area contributed by atoms with E-state index in [1.54, 1.807) is 0 Å². The van der Waals surface area contributed by atoms with Gasteiger partial charge in [0.1, 0.15) is 5.69 Å². The zero-order chi connectivity index (χ0) is 15.8. The molecular weight excluding hydrogens is 310 g/mol. The Labute approximate surface area is 141 Å². The molecule has 23 heavy (non-hydrogen) atoms. The second-order valence-electron chi connectivity index (χ2n) is 6.58. The molecule has 0 atom stereocenters. The molecule has 4 nitrogen and oxygen atoms in total. The van der Waals surface area contributed by atoms with Crippen molar-refractivity contribution < 1.29 is 4.79 Å². The van der Waals surface area contributed by atoms with Crippen molar-refractivity contribution in [3.05, 3.63) is 52.8 Å². The fourth-order valence-electron chi connectivity index (χ4n) is 3.58. The molecule has 5 heteroatoms. The molecule has 1 saturated carbocycles. The van der Waals surface area contributed by atoms with E-state index in [0.717, 1.165) is 18.1 Å². The Morgan fingerprint density at radius 3 is 2.48 bits per heavy atom. The number of carbonyl (C=O) groups is 1. The van der Waals surface area contributed by atoms with Crippen molar-refractivity contribution in [1.29, 1.82) is 0 Å². The molecule has 1 saturated heterocycles. The molecule has 0 spiro atoms. The first kappa shape index (κ1) is 14.8. The molecule has 0 unspecified atom stereocenters. The molecule has 1 amide bonds. The van der Waals surface area contributed by atoms with Crippen molar-refractivity contribution in [2.45, 2.75) is 37.6 Å². The van der Waals surface area contributed by atoms with Crippen LogP contribution in [0.15, 0.2) is 36.5 Å². The lowest BCUT2D eigenvalue weighted by Crippen LogP contribution is -2.48. The van der Waals surface area contributed by atoms with Gasteiger partial charge >= 0.3 is 0 Å². The van der Waals surface area contributed by atoms with Gasteiger partial charge in [0.2, 0.25) is 0 Å². The van der Waals surface area contributed by atoms with Gasteiger partial charge in [-0.2, -0.15) is 5.10 Å². The third-order valence-corrected chi connectivity index (χ3v) is 5.29. The quantitative estimate of drug-likeness (QED) is 0.856. The third kappa shape index (κ3) is 2.88. The first-order valence-corrected chi connectivity index (χ1v) is 8.68. The highest BCUT2D eigenvalue weighted by Gasteiger charge is 2.33. The van der Waals surface area contributed by atoms with Crippen molar-refractivity contribution in [2.24, 2.45) is 0 Å². The lowest BCUT2D eigenvalue weighted by molar-refractivity contribution is 0.0595. The highest BCUT2D eigenvalue weighted by molar-refractivity contribution is 6.30. The minimum absolute atomic E-state index is 0.0481. The highest BCUT2D eigenvalue weighted by Crippen LogP contribution is 2.30. The fraction of sp³-hybridized carbons (Fsp3) is 0.444. The van der Waals surface area contributed by atoms with Gasteiger partial charge in [0.15, 0.2) is 0 Å². The highest BCUT2D eigenvalue weighted by atomic mass is 35.5. The van der Waals surface area contributed by atoms with E-state index in [4.69, 9.17) is 11.6 Å². The molecule has 4 rings (SSSR count). The number of carbonyl (C=O) groups excluding carboxylic acids is 1. The van der Waals surface area contributed by atoms with Crippen LogP contribution in [0, 0.1) is 0 Å². The summed E-state index contributed by atoms with van der Waals surface area (Å²) < 4.78 is 1.98. The van der Waals surface area contributed by atoms with Crippen LogP contribution in [0.1, 0.15) is 53.7 Å². The van der Waals surface area contributed by atoms with E-state index in [1.165, 1.54) is 31.2 Å². The Morgan fingerprint density at radius 2 is 1.78 bits per heavy atom. The zero-order valence-electron chi connectivity index (χ0n) is 13.0. The number of hydrogen-bond acceptors (Lipinski definition) is 2. The fourth-order valence-corrected chi connectivity index (χ4v) is 3.70. The molecule has 2 fully saturated rings. The van der Waals surface area contributed by atoms with E-state index in [9.17, 15) is 4.79 Å². The van der Waals surface area contributed by atoms with Gasteiger partial charge in [-0.05, 0) is 36.6 Å². The number of amides is 1. The second-order valence-corrected chi connectivity index (χ2v) is 7.01. The Kier molecular flexibility index (Phi) is 3.85. The summed E-state index contributed by atoms with van der Waals surface area (Å²) in [6.07, 6.45) is 6.85. The minimum atomic E-state index is 0.0481. The molecule has 0 radical (unpaired) electrons. The summed E-state index contributed by atoms with van der Waals surface area (Å²) in [5.74, 6) is 0.458. The van der Waals surface area contributed by atoms with Gasteiger partial charge in [-0.3, -0.25) is 9.48 Å². The third-order valence-electron chi connectivity index (χ3n) is 5.04. The lowest BCUT2D eigenvalue weighted by Gasteiger charge is -2.39. The minimum Gasteiger partial charge on any atom is -0.336 e. The molecule has 0 N–H and O–H groups in total. The summed E-state index contributed by atoms with van der Waals surface area (Å²) >= 11 is 5.92. The number of aromatic nitrogens is 2. The van der Waals surface area contributed by atoms with Crippen LogP contribution in [0.2, 0.25) is 5.02 Å². The molecule has 120 valence electrons. The van der Waals surface area contributed by atoms with Crippen LogP contribution in [0.5, 0.6) is 0 Å². The Morgan fingerprint density at radius 1 is 1.09 bits per heavy atom. The molecule has 1 aliphatic heterocycles. The monoisotopic (exact) mass is 329 g/mol. The second kappa shape index (κ2) is 6.00. The average Bonchev–Trinajstić information content (AvgIpc) is 3.18. The first-order valence-electron chi connectivity index (χ1n) is 8.30. The molecule has 2 aromatic rings. The molecular formula is C18H20ClN3O. The van der Waals surface area contributed by atoms with E-state index in [-0.39, 0.29) is 5.91 Å². The average molecular weight is 330 g/mol. The number of hydrogen-bond donors (Lipinski definition) is 0. The number of halogens is 1. The van der Waals surface area contributed by atoms with E-state index in [2.05, 4.69) is 5.10 Å². The van der Waals surface area contributed by atoms with Gasteiger partial charge in [-0.1, -0.05) is 36.6 Å². The first-order chi connectivity index (χ1) is 11.2. The summed E-state index contributed by atoms with van der Waals surface area (Å²) in [5, 5.41) is 5.26. The topological polar surface area (TPSA) is 38.1 Å². The van der Waals surface area contributed by atoms with Crippen LogP contribution in [-0.4, -0.2) is 33.7 Å². The molecule has 0 bridgehead atoms. The van der Waals surface area contributed by atoms with Gasteiger partial charge in [0.25, 0.3) is 5.91 Å². The van der Waals surface area contributed by atoms with Crippen molar-refractivity contribution >= 4 is 17.5 Å². The molecule has 1 aromatic heterocycles. The zero-order valence-corrected chi connectivity index (χ0v) is 13.7. The van der Waals surface area contributed by atoms with Crippen LogP contribution >= 0.6 is 11.6 Å². The number of benzene rings is 1. The number of likely N-dealkylation sites (tertiary alicyclic amines) is 1. The van der Waals surface area contributed by atoms with Gasteiger partial charge in [-0.25, -0.2) is 0 Å². The van der Waals surface area contributed by atoms with Crippen LogP contribution in [-0.2, 0) is 0 Å². The van der Waals surface area contributed by atoms with Crippen molar-refractivity contribution in [3.8, 4) is 0 Å². The van der Waals surface area contributed by atoms with E-state index < -0.39 is 0 Å².